The predicted molar refractivity (Wildman–Crippen MR) is 59.2 cm³/mol. The lowest BCUT2D eigenvalue weighted by atomic mass is 9.64. The molecule has 2 unspecified atom stereocenters. The van der Waals surface area contributed by atoms with Gasteiger partial charge in [0.25, 0.3) is 0 Å². The first-order valence-corrected chi connectivity index (χ1v) is 5.81. The summed E-state index contributed by atoms with van der Waals surface area (Å²) >= 11 is 0. The van der Waals surface area contributed by atoms with Crippen molar-refractivity contribution in [3.8, 4) is 0 Å². The maximum Gasteiger partial charge on any atom is 0.317 e. The van der Waals surface area contributed by atoms with Crippen molar-refractivity contribution in [2.45, 2.75) is 39.0 Å². The van der Waals surface area contributed by atoms with Crippen molar-refractivity contribution in [3.05, 3.63) is 0 Å². The van der Waals surface area contributed by atoms with Gasteiger partial charge < -0.3 is 9.84 Å². The summed E-state index contributed by atoms with van der Waals surface area (Å²) < 4.78 is 4.96. The fraction of sp³-hybridized carbons (Fsp3) is 0.833. The maximum atomic E-state index is 11.9. The zero-order valence-electron chi connectivity index (χ0n) is 9.99. The van der Waals surface area contributed by atoms with E-state index in [1.54, 1.807) is 7.11 Å². The lowest BCUT2D eigenvalue weighted by Crippen LogP contribution is -2.47. The average molecular weight is 228 g/mol. The van der Waals surface area contributed by atoms with Crippen LogP contribution in [0.3, 0.4) is 0 Å². The highest BCUT2D eigenvalue weighted by atomic mass is 16.5. The molecular weight excluding hydrogens is 208 g/mol. The Morgan fingerprint density at radius 2 is 2.25 bits per heavy atom. The van der Waals surface area contributed by atoms with Gasteiger partial charge in [-0.05, 0) is 25.2 Å². The minimum atomic E-state index is -1.16. The molecule has 2 atom stereocenters. The Balaban J connectivity index is 2.86. The topological polar surface area (TPSA) is 63.6 Å². The summed E-state index contributed by atoms with van der Waals surface area (Å²) in [6.45, 7) is 2.35. The number of rotatable bonds is 5. The van der Waals surface area contributed by atoms with E-state index >= 15 is 0 Å². The van der Waals surface area contributed by atoms with E-state index in [1.165, 1.54) is 0 Å². The maximum absolute atomic E-state index is 11.9. The predicted octanol–water partition coefficient (Wildman–Crippen LogP) is 1.87. The second-order valence-electron chi connectivity index (χ2n) is 4.59. The van der Waals surface area contributed by atoms with Crippen LogP contribution in [0.25, 0.3) is 0 Å². The molecule has 0 spiro atoms. The minimum absolute atomic E-state index is 0.102. The average Bonchev–Trinajstić information content (AvgIpc) is 2.26. The molecule has 0 bridgehead atoms. The molecule has 1 aliphatic rings. The Hall–Kier alpha value is -0.900. The van der Waals surface area contributed by atoms with E-state index in [9.17, 15) is 14.7 Å². The van der Waals surface area contributed by atoms with Crippen LogP contribution in [-0.2, 0) is 14.3 Å². The summed E-state index contributed by atoms with van der Waals surface area (Å²) in [6, 6.07) is 0. The number of aliphatic carboxylic acids is 1. The van der Waals surface area contributed by atoms with Crippen molar-refractivity contribution in [3.63, 3.8) is 0 Å². The Morgan fingerprint density at radius 3 is 2.75 bits per heavy atom. The lowest BCUT2D eigenvalue weighted by molar-refractivity contribution is -0.161. The van der Waals surface area contributed by atoms with E-state index in [-0.39, 0.29) is 11.7 Å². The molecule has 16 heavy (non-hydrogen) atoms. The fourth-order valence-corrected chi connectivity index (χ4v) is 2.55. The Kier molecular flexibility index (Phi) is 4.47. The molecule has 4 heteroatoms. The Morgan fingerprint density at radius 1 is 1.56 bits per heavy atom. The molecule has 92 valence electrons. The number of hydrogen-bond acceptors (Lipinski definition) is 3. The van der Waals surface area contributed by atoms with Gasteiger partial charge in [0, 0.05) is 20.1 Å². The van der Waals surface area contributed by atoms with Crippen LogP contribution in [0.4, 0.5) is 0 Å². The third kappa shape index (κ3) is 2.26. The van der Waals surface area contributed by atoms with E-state index in [1.807, 2.05) is 6.92 Å². The SMILES string of the molecule is COCCC(C)C1(C(=O)O)CCCCC1=O. The molecule has 4 nitrogen and oxygen atoms in total. The van der Waals surface area contributed by atoms with Crippen LogP contribution >= 0.6 is 0 Å². The summed E-state index contributed by atoms with van der Waals surface area (Å²) in [6.07, 6.45) is 3.16. The zero-order chi connectivity index (χ0) is 12.2. The lowest BCUT2D eigenvalue weighted by Gasteiger charge is -2.36. The van der Waals surface area contributed by atoms with Gasteiger partial charge in [0.1, 0.15) is 11.2 Å². The number of hydrogen-bond donors (Lipinski definition) is 1. The first-order valence-electron chi connectivity index (χ1n) is 5.81. The van der Waals surface area contributed by atoms with Gasteiger partial charge in [-0.2, -0.15) is 0 Å². The van der Waals surface area contributed by atoms with Gasteiger partial charge in [-0.3, -0.25) is 9.59 Å². The summed E-state index contributed by atoms with van der Waals surface area (Å²) in [7, 11) is 1.59. The molecule has 0 amide bonds. The van der Waals surface area contributed by atoms with Crippen molar-refractivity contribution >= 4 is 11.8 Å². The standard InChI is InChI=1S/C12H20O4/c1-9(6-8-16-2)12(11(14)15)7-4-3-5-10(12)13/h9H,3-8H2,1-2H3,(H,14,15). The number of carbonyl (C=O) groups excluding carboxylic acids is 1. The van der Waals surface area contributed by atoms with Gasteiger partial charge in [-0.25, -0.2) is 0 Å². The summed E-state index contributed by atoms with van der Waals surface area (Å²) in [4.78, 5) is 23.4. The largest absolute Gasteiger partial charge is 0.480 e. The van der Waals surface area contributed by atoms with Crippen LogP contribution in [0.15, 0.2) is 0 Å². The molecule has 0 aromatic carbocycles. The highest BCUT2D eigenvalue weighted by molar-refractivity contribution is 6.03. The summed E-state index contributed by atoms with van der Waals surface area (Å²) in [5.74, 6) is -1.21. The quantitative estimate of drug-likeness (QED) is 0.730. The number of carboxylic acids is 1. The van der Waals surface area contributed by atoms with Crippen LogP contribution in [0.2, 0.25) is 0 Å². The van der Waals surface area contributed by atoms with Crippen LogP contribution in [0.1, 0.15) is 39.0 Å². The Labute approximate surface area is 96.0 Å². The van der Waals surface area contributed by atoms with E-state index in [0.29, 0.717) is 25.9 Å². The van der Waals surface area contributed by atoms with Crippen molar-refractivity contribution in [1.29, 1.82) is 0 Å². The molecule has 0 aliphatic heterocycles. The molecule has 1 saturated carbocycles. The molecule has 0 aromatic heterocycles. The molecule has 1 N–H and O–H groups in total. The van der Waals surface area contributed by atoms with E-state index in [0.717, 1.165) is 12.8 Å². The highest BCUT2D eigenvalue weighted by Crippen LogP contribution is 2.41. The van der Waals surface area contributed by atoms with Crippen molar-refractivity contribution in [1.82, 2.24) is 0 Å². The number of ketones is 1. The third-order valence-corrected chi connectivity index (χ3v) is 3.70. The third-order valence-electron chi connectivity index (χ3n) is 3.70. The number of carboxylic acid groups (broad SMARTS) is 1. The first kappa shape index (κ1) is 13.2. The second kappa shape index (κ2) is 5.43. The smallest absolute Gasteiger partial charge is 0.317 e. The van der Waals surface area contributed by atoms with Crippen molar-refractivity contribution in [2.75, 3.05) is 13.7 Å². The highest BCUT2D eigenvalue weighted by Gasteiger charge is 2.50. The normalized spacial score (nSPS) is 27.8. The molecule has 1 rings (SSSR count). The van der Waals surface area contributed by atoms with Gasteiger partial charge >= 0.3 is 5.97 Å². The summed E-state index contributed by atoms with van der Waals surface area (Å²) in [5, 5.41) is 9.37. The molecule has 0 heterocycles. The minimum Gasteiger partial charge on any atom is -0.480 e. The molecule has 1 fully saturated rings. The second-order valence-corrected chi connectivity index (χ2v) is 4.59. The Bertz CT molecular complexity index is 274. The van der Waals surface area contributed by atoms with Crippen LogP contribution < -0.4 is 0 Å². The van der Waals surface area contributed by atoms with Crippen LogP contribution in [0, 0.1) is 11.3 Å². The zero-order valence-corrected chi connectivity index (χ0v) is 9.99. The van der Waals surface area contributed by atoms with E-state index in [4.69, 9.17) is 4.74 Å². The number of ether oxygens (including phenoxy) is 1. The van der Waals surface area contributed by atoms with Crippen LogP contribution in [0.5, 0.6) is 0 Å². The van der Waals surface area contributed by atoms with Gasteiger partial charge in [0.05, 0.1) is 0 Å². The van der Waals surface area contributed by atoms with E-state index < -0.39 is 11.4 Å². The monoisotopic (exact) mass is 228 g/mol. The summed E-state index contributed by atoms with van der Waals surface area (Å²) in [5.41, 5.74) is -1.16. The molecule has 0 aromatic rings. The van der Waals surface area contributed by atoms with E-state index in [2.05, 4.69) is 0 Å². The van der Waals surface area contributed by atoms with Gasteiger partial charge in [0.15, 0.2) is 0 Å². The van der Waals surface area contributed by atoms with Gasteiger partial charge in [-0.15, -0.1) is 0 Å². The fourth-order valence-electron chi connectivity index (χ4n) is 2.55. The van der Waals surface area contributed by atoms with Crippen molar-refractivity contribution in [2.24, 2.45) is 11.3 Å². The first-order chi connectivity index (χ1) is 7.55. The number of Topliss-reactive ketones (excluding diaryl/α,β-unsaturated/α-hetero) is 1. The van der Waals surface area contributed by atoms with Gasteiger partial charge in [0.2, 0.25) is 0 Å². The molecule has 1 aliphatic carbocycles. The molecule has 0 saturated heterocycles. The number of methoxy groups -OCH3 is 1. The van der Waals surface area contributed by atoms with Crippen molar-refractivity contribution < 1.29 is 19.4 Å². The molecule has 0 radical (unpaired) electrons. The number of carbonyl (C=O) groups is 2. The molecular formula is C12H20O4. The van der Waals surface area contributed by atoms with Crippen LogP contribution in [-0.4, -0.2) is 30.6 Å². The van der Waals surface area contributed by atoms with Gasteiger partial charge in [-0.1, -0.05) is 13.3 Å².